The number of unbranched alkanes of at least 4 members (excludes halogenated alkanes) is 1. The lowest BCUT2D eigenvalue weighted by atomic mass is 10.1. The standard InChI is InChI=1S/C16H18O4/c1-4-15(18)19-7-5-6-8-20-16-12(2)9-14(11-17)10-13(16)3/h1,9-11H,5-8H2,2-3H3. The van der Waals surface area contributed by atoms with Gasteiger partial charge in [0.15, 0.2) is 0 Å². The normalized spacial score (nSPS) is 9.65. The fourth-order valence-electron chi connectivity index (χ4n) is 1.86. The Labute approximate surface area is 119 Å². The van der Waals surface area contributed by atoms with Gasteiger partial charge in [0.1, 0.15) is 12.0 Å². The lowest BCUT2D eigenvalue weighted by Gasteiger charge is -2.12. The second kappa shape index (κ2) is 8.00. The molecule has 0 aliphatic rings. The number of hydrogen-bond donors (Lipinski definition) is 0. The Bertz CT molecular complexity index is 503. The van der Waals surface area contributed by atoms with Crippen molar-refractivity contribution in [3.8, 4) is 18.1 Å². The smallest absolute Gasteiger partial charge is 0.384 e. The summed E-state index contributed by atoms with van der Waals surface area (Å²) in [6.45, 7) is 4.64. The van der Waals surface area contributed by atoms with Gasteiger partial charge in [-0.1, -0.05) is 0 Å². The van der Waals surface area contributed by atoms with Gasteiger partial charge >= 0.3 is 5.97 Å². The largest absolute Gasteiger partial charge is 0.493 e. The van der Waals surface area contributed by atoms with Gasteiger partial charge in [0.25, 0.3) is 0 Å². The molecule has 0 fully saturated rings. The molecule has 0 spiro atoms. The summed E-state index contributed by atoms with van der Waals surface area (Å²) < 4.78 is 10.5. The predicted molar refractivity (Wildman–Crippen MR) is 75.8 cm³/mol. The number of aryl methyl sites for hydroxylation is 2. The van der Waals surface area contributed by atoms with Gasteiger partial charge in [-0.2, -0.15) is 0 Å². The highest BCUT2D eigenvalue weighted by atomic mass is 16.5. The Morgan fingerprint density at radius 1 is 1.25 bits per heavy atom. The van der Waals surface area contributed by atoms with E-state index in [0.717, 1.165) is 29.6 Å². The van der Waals surface area contributed by atoms with E-state index in [1.165, 1.54) is 0 Å². The monoisotopic (exact) mass is 274 g/mol. The lowest BCUT2D eigenvalue weighted by Crippen LogP contribution is -2.06. The van der Waals surface area contributed by atoms with Gasteiger partial charge in [-0.25, -0.2) is 4.79 Å². The Morgan fingerprint density at radius 2 is 1.85 bits per heavy atom. The zero-order valence-corrected chi connectivity index (χ0v) is 11.8. The molecule has 0 saturated heterocycles. The van der Waals surface area contributed by atoms with E-state index in [4.69, 9.17) is 15.9 Å². The van der Waals surface area contributed by atoms with E-state index in [9.17, 15) is 9.59 Å². The van der Waals surface area contributed by atoms with E-state index in [1.807, 2.05) is 19.8 Å². The molecule has 0 aromatic heterocycles. The summed E-state index contributed by atoms with van der Waals surface area (Å²) in [5.74, 6) is 2.05. The molecule has 0 saturated carbocycles. The van der Waals surface area contributed by atoms with Crippen LogP contribution in [0.25, 0.3) is 0 Å². The first-order chi connectivity index (χ1) is 9.58. The van der Waals surface area contributed by atoms with Crippen LogP contribution < -0.4 is 4.74 Å². The molecular weight excluding hydrogens is 256 g/mol. The molecule has 1 aromatic carbocycles. The number of benzene rings is 1. The van der Waals surface area contributed by atoms with E-state index in [0.29, 0.717) is 25.2 Å². The summed E-state index contributed by atoms with van der Waals surface area (Å²) in [4.78, 5) is 21.4. The summed E-state index contributed by atoms with van der Waals surface area (Å²) in [5.41, 5.74) is 2.52. The van der Waals surface area contributed by atoms with Crippen molar-refractivity contribution in [3.63, 3.8) is 0 Å². The van der Waals surface area contributed by atoms with E-state index in [2.05, 4.69) is 0 Å². The molecule has 4 heteroatoms. The van der Waals surface area contributed by atoms with Crippen LogP contribution in [0.15, 0.2) is 12.1 Å². The highest BCUT2D eigenvalue weighted by molar-refractivity contribution is 5.87. The van der Waals surface area contributed by atoms with Crippen LogP contribution >= 0.6 is 0 Å². The number of rotatable bonds is 7. The molecule has 0 N–H and O–H groups in total. The van der Waals surface area contributed by atoms with Gasteiger partial charge in [-0.3, -0.25) is 4.79 Å². The van der Waals surface area contributed by atoms with Crippen LogP contribution in [-0.4, -0.2) is 25.5 Å². The Hall–Kier alpha value is -2.28. The second-order valence-corrected chi connectivity index (χ2v) is 4.44. The second-order valence-electron chi connectivity index (χ2n) is 4.44. The minimum absolute atomic E-state index is 0.300. The van der Waals surface area contributed by atoms with Crippen LogP contribution in [0.3, 0.4) is 0 Å². The molecule has 1 rings (SSSR count). The van der Waals surface area contributed by atoms with Crippen molar-refractivity contribution in [2.24, 2.45) is 0 Å². The average molecular weight is 274 g/mol. The molecule has 0 radical (unpaired) electrons. The summed E-state index contributed by atoms with van der Waals surface area (Å²) in [6.07, 6.45) is 7.14. The molecule has 1 aromatic rings. The Morgan fingerprint density at radius 3 is 2.40 bits per heavy atom. The van der Waals surface area contributed by atoms with Crippen molar-refractivity contribution in [1.29, 1.82) is 0 Å². The van der Waals surface area contributed by atoms with Gasteiger partial charge in [0, 0.05) is 11.5 Å². The molecule has 0 aliphatic carbocycles. The molecule has 106 valence electrons. The minimum atomic E-state index is -0.637. The van der Waals surface area contributed by atoms with E-state index in [-0.39, 0.29) is 0 Å². The van der Waals surface area contributed by atoms with E-state index in [1.54, 1.807) is 12.1 Å². The molecule has 0 atom stereocenters. The highest BCUT2D eigenvalue weighted by Crippen LogP contribution is 2.24. The summed E-state index contributed by atoms with van der Waals surface area (Å²) >= 11 is 0. The van der Waals surface area contributed by atoms with Crippen molar-refractivity contribution in [3.05, 3.63) is 28.8 Å². The predicted octanol–water partition coefficient (Wildman–Crippen LogP) is 2.45. The molecule has 4 nitrogen and oxygen atoms in total. The number of aldehydes is 1. The molecule has 0 aliphatic heterocycles. The maximum absolute atomic E-state index is 10.7. The fourth-order valence-corrected chi connectivity index (χ4v) is 1.86. The summed E-state index contributed by atoms with van der Waals surface area (Å²) in [7, 11) is 0. The van der Waals surface area contributed by atoms with Crippen molar-refractivity contribution in [2.45, 2.75) is 26.7 Å². The third-order valence-electron chi connectivity index (χ3n) is 2.75. The molecule has 0 unspecified atom stereocenters. The topological polar surface area (TPSA) is 52.6 Å². The summed E-state index contributed by atoms with van der Waals surface area (Å²) in [6, 6.07) is 3.59. The number of hydrogen-bond acceptors (Lipinski definition) is 4. The van der Waals surface area contributed by atoms with Crippen LogP contribution in [0, 0.1) is 26.2 Å². The van der Waals surface area contributed by atoms with Crippen molar-refractivity contribution in [1.82, 2.24) is 0 Å². The van der Waals surface area contributed by atoms with Crippen molar-refractivity contribution in [2.75, 3.05) is 13.2 Å². The molecule has 20 heavy (non-hydrogen) atoms. The minimum Gasteiger partial charge on any atom is -0.493 e. The fraction of sp³-hybridized carbons (Fsp3) is 0.375. The van der Waals surface area contributed by atoms with Gasteiger partial charge in [0.05, 0.1) is 13.2 Å². The zero-order valence-electron chi connectivity index (χ0n) is 11.8. The molecule has 0 heterocycles. The van der Waals surface area contributed by atoms with Crippen LogP contribution in [0.5, 0.6) is 5.75 Å². The van der Waals surface area contributed by atoms with Crippen LogP contribution in [0.4, 0.5) is 0 Å². The van der Waals surface area contributed by atoms with Crippen LogP contribution in [-0.2, 0) is 9.53 Å². The Balaban J connectivity index is 2.38. The van der Waals surface area contributed by atoms with Gasteiger partial charge in [-0.05, 0) is 49.9 Å². The quantitative estimate of drug-likeness (QED) is 0.252. The van der Waals surface area contributed by atoms with Crippen molar-refractivity contribution >= 4 is 12.3 Å². The van der Waals surface area contributed by atoms with Crippen molar-refractivity contribution < 1.29 is 19.1 Å². The highest BCUT2D eigenvalue weighted by Gasteiger charge is 2.06. The van der Waals surface area contributed by atoms with Gasteiger partial charge in [-0.15, -0.1) is 6.42 Å². The lowest BCUT2D eigenvalue weighted by molar-refractivity contribution is -0.136. The number of esters is 1. The maximum atomic E-state index is 10.7. The van der Waals surface area contributed by atoms with Gasteiger partial charge < -0.3 is 9.47 Å². The Kier molecular flexibility index (Phi) is 6.31. The average Bonchev–Trinajstić information content (AvgIpc) is 2.44. The molecule has 0 bridgehead atoms. The van der Waals surface area contributed by atoms with Crippen LogP contribution in [0.1, 0.15) is 34.3 Å². The van der Waals surface area contributed by atoms with Gasteiger partial charge in [0.2, 0.25) is 0 Å². The number of ether oxygens (including phenoxy) is 2. The molecular formula is C16H18O4. The first-order valence-electron chi connectivity index (χ1n) is 6.41. The zero-order chi connectivity index (χ0) is 15.0. The van der Waals surface area contributed by atoms with E-state index >= 15 is 0 Å². The number of terminal acetylenes is 1. The SMILES string of the molecule is C#CC(=O)OCCCCOc1c(C)cc(C=O)cc1C. The summed E-state index contributed by atoms with van der Waals surface area (Å²) in [5, 5.41) is 0. The molecule has 0 amide bonds. The maximum Gasteiger partial charge on any atom is 0.384 e. The first-order valence-corrected chi connectivity index (χ1v) is 6.41. The third-order valence-corrected chi connectivity index (χ3v) is 2.75. The number of carbonyl (C=O) groups excluding carboxylic acids is 2. The first kappa shape index (κ1) is 15.8. The third kappa shape index (κ3) is 4.77. The number of carbonyl (C=O) groups is 2. The van der Waals surface area contributed by atoms with Crippen LogP contribution in [0.2, 0.25) is 0 Å². The van der Waals surface area contributed by atoms with E-state index < -0.39 is 5.97 Å².